The third-order valence-electron chi connectivity index (χ3n) is 7.00. The highest BCUT2D eigenvalue weighted by atomic mass is 32.2. The fraction of sp³-hybridized carbons (Fsp3) is 0.379. The summed E-state index contributed by atoms with van der Waals surface area (Å²) in [6.45, 7) is -0.774. The summed E-state index contributed by atoms with van der Waals surface area (Å²) in [5.74, 6) is -4.68. The molecule has 45 heavy (non-hydrogen) atoms. The van der Waals surface area contributed by atoms with Gasteiger partial charge in [0, 0.05) is 13.0 Å². The number of fused-ring (bicyclic) bond motifs is 1. The van der Waals surface area contributed by atoms with Gasteiger partial charge in [0.2, 0.25) is 21.8 Å². The van der Waals surface area contributed by atoms with Crippen molar-refractivity contribution < 1.29 is 51.8 Å². The first-order chi connectivity index (χ1) is 21.3. The van der Waals surface area contributed by atoms with Crippen LogP contribution in [0, 0.1) is 0 Å². The molecule has 0 aliphatic carbocycles. The number of esters is 1. The fourth-order valence-electron chi connectivity index (χ4n) is 4.96. The van der Waals surface area contributed by atoms with E-state index < -0.39 is 76.6 Å². The standard InChI is InChI=1S/C29H32N4O11S/c1-45(41,42)31-21-12-13-25(35)32-14-6-11-23(33(32)28(21)39)27(38)30-22(16-26(36)37)24(34)17-43-29(40)18-7-5-10-20(15-18)44-19-8-3-2-4-9-19/h2-5,7-10,15,21-23,31H,6,11-14,16-17H2,1H3,(H,30,38)(H,36,37). The highest BCUT2D eigenvalue weighted by Gasteiger charge is 2.45. The maximum Gasteiger partial charge on any atom is 0.338 e. The number of carbonyl (C=O) groups is 6. The first-order valence-corrected chi connectivity index (χ1v) is 15.9. The number of carbonyl (C=O) groups excluding carboxylic acids is 5. The fourth-order valence-corrected chi connectivity index (χ4v) is 5.70. The molecule has 3 amide bonds. The van der Waals surface area contributed by atoms with Crippen LogP contribution in [-0.4, -0.2) is 96.5 Å². The van der Waals surface area contributed by atoms with Gasteiger partial charge in [0.15, 0.2) is 12.4 Å². The highest BCUT2D eigenvalue weighted by molar-refractivity contribution is 7.88. The van der Waals surface area contributed by atoms with Crippen LogP contribution in [-0.2, 0) is 38.7 Å². The average molecular weight is 645 g/mol. The molecule has 4 rings (SSSR count). The Bertz CT molecular complexity index is 1580. The van der Waals surface area contributed by atoms with Crippen molar-refractivity contribution in [2.24, 2.45) is 0 Å². The Morgan fingerprint density at radius 1 is 1.02 bits per heavy atom. The summed E-state index contributed by atoms with van der Waals surface area (Å²) >= 11 is 0. The maximum absolute atomic E-state index is 13.4. The lowest BCUT2D eigenvalue weighted by molar-refractivity contribution is -0.176. The van der Waals surface area contributed by atoms with Crippen LogP contribution in [0.2, 0.25) is 0 Å². The van der Waals surface area contributed by atoms with Crippen LogP contribution in [0.4, 0.5) is 0 Å². The molecule has 0 saturated carbocycles. The Hall–Kier alpha value is -4.83. The number of Topliss-reactive ketones (excluding diaryl/α,β-unsaturated/α-hetero) is 1. The molecular formula is C29H32N4O11S. The average Bonchev–Trinajstić information content (AvgIpc) is 3.11. The molecule has 16 heteroatoms. The normalized spacial score (nSPS) is 19.1. The second kappa shape index (κ2) is 14.3. The van der Waals surface area contributed by atoms with E-state index in [1.165, 1.54) is 12.1 Å². The summed E-state index contributed by atoms with van der Waals surface area (Å²) in [7, 11) is -3.85. The van der Waals surface area contributed by atoms with E-state index in [2.05, 4.69) is 10.0 Å². The molecule has 0 bridgehead atoms. The zero-order valence-corrected chi connectivity index (χ0v) is 25.0. The number of hydrogen-bond donors (Lipinski definition) is 3. The zero-order valence-electron chi connectivity index (χ0n) is 24.2. The van der Waals surface area contributed by atoms with Crippen molar-refractivity contribution in [3.05, 3.63) is 60.2 Å². The number of hydrogen-bond acceptors (Lipinski definition) is 10. The number of amides is 3. The number of sulfonamides is 1. The van der Waals surface area contributed by atoms with E-state index in [-0.39, 0.29) is 31.4 Å². The first-order valence-electron chi connectivity index (χ1n) is 14.0. The van der Waals surface area contributed by atoms with Crippen LogP contribution < -0.4 is 14.8 Å². The van der Waals surface area contributed by atoms with Crippen LogP contribution in [0.1, 0.15) is 42.5 Å². The highest BCUT2D eigenvalue weighted by Crippen LogP contribution is 2.26. The van der Waals surface area contributed by atoms with Crippen molar-refractivity contribution in [2.75, 3.05) is 19.4 Å². The monoisotopic (exact) mass is 644 g/mol. The van der Waals surface area contributed by atoms with Gasteiger partial charge in [0.1, 0.15) is 29.6 Å². The summed E-state index contributed by atoms with van der Waals surface area (Å²) < 4.78 is 36.7. The quantitative estimate of drug-likeness (QED) is 0.273. The SMILES string of the molecule is CS(=O)(=O)NC1CCC(=O)N2CCCC(C(=O)NC(CC(=O)O)C(=O)COC(=O)c3cccc(Oc4ccccc4)c3)N2C1=O. The molecular weight excluding hydrogens is 612 g/mol. The predicted molar refractivity (Wildman–Crippen MR) is 155 cm³/mol. The third-order valence-corrected chi connectivity index (χ3v) is 7.71. The molecule has 2 heterocycles. The van der Waals surface area contributed by atoms with Crippen LogP contribution in [0.25, 0.3) is 0 Å². The number of para-hydroxylation sites is 1. The minimum atomic E-state index is -3.85. The number of hydrazine groups is 1. The Kier molecular flexibility index (Phi) is 10.5. The number of rotatable bonds is 12. The molecule has 2 aliphatic rings. The number of aliphatic carboxylic acids is 1. The maximum atomic E-state index is 13.4. The molecule has 3 N–H and O–H groups in total. The number of nitrogens with one attached hydrogen (secondary N) is 2. The van der Waals surface area contributed by atoms with Gasteiger partial charge in [0.05, 0.1) is 18.2 Å². The lowest BCUT2D eigenvalue weighted by Crippen LogP contribution is -2.64. The van der Waals surface area contributed by atoms with E-state index in [0.29, 0.717) is 17.9 Å². The second-order valence-corrected chi connectivity index (χ2v) is 12.3. The van der Waals surface area contributed by atoms with Crippen LogP contribution >= 0.6 is 0 Å². The first kappa shape index (κ1) is 33.1. The van der Waals surface area contributed by atoms with Crippen molar-refractivity contribution in [1.82, 2.24) is 20.1 Å². The molecule has 0 aromatic heterocycles. The molecule has 0 spiro atoms. The molecule has 15 nitrogen and oxygen atoms in total. The molecule has 3 unspecified atom stereocenters. The van der Waals surface area contributed by atoms with Gasteiger partial charge in [-0.05, 0) is 49.6 Å². The number of carboxylic acid groups (broad SMARTS) is 1. The number of ketones is 1. The Morgan fingerprint density at radius 2 is 1.73 bits per heavy atom. The molecule has 3 atom stereocenters. The van der Waals surface area contributed by atoms with Gasteiger partial charge in [-0.25, -0.2) is 22.9 Å². The summed E-state index contributed by atoms with van der Waals surface area (Å²) in [5.41, 5.74) is 0.0546. The number of benzene rings is 2. The van der Waals surface area contributed by atoms with Crippen molar-refractivity contribution in [3.8, 4) is 11.5 Å². The van der Waals surface area contributed by atoms with Crippen LogP contribution in [0.5, 0.6) is 11.5 Å². The predicted octanol–water partition coefficient (Wildman–Crippen LogP) is 0.611. The molecule has 2 aromatic carbocycles. The van der Waals surface area contributed by atoms with Crippen LogP contribution in [0.15, 0.2) is 54.6 Å². The van der Waals surface area contributed by atoms with Gasteiger partial charge in [0.25, 0.3) is 5.91 Å². The number of nitrogens with zero attached hydrogens (tertiary/aromatic N) is 2. The van der Waals surface area contributed by atoms with Gasteiger partial charge < -0.3 is 19.9 Å². The van der Waals surface area contributed by atoms with E-state index in [1.54, 1.807) is 36.4 Å². The summed E-state index contributed by atoms with van der Waals surface area (Å²) in [6.07, 6.45) is 0.0755. The zero-order chi connectivity index (χ0) is 32.7. The molecule has 240 valence electrons. The lowest BCUT2D eigenvalue weighted by atomic mass is 10.0. The third kappa shape index (κ3) is 8.86. The second-order valence-electron chi connectivity index (χ2n) is 10.5. The van der Waals surface area contributed by atoms with Crippen molar-refractivity contribution in [1.29, 1.82) is 0 Å². The topological polar surface area (TPSA) is 206 Å². The molecule has 2 aromatic rings. The van der Waals surface area contributed by atoms with E-state index in [9.17, 15) is 42.3 Å². The number of carboxylic acids is 1. The molecule has 0 radical (unpaired) electrons. The minimum absolute atomic E-state index is 0.0529. The van der Waals surface area contributed by atoms with Crippen molar-refractivity contribution in [2.45, 2.75) is 50.2 Å². The Morgan fingerprint density at radius 3 is 2.42 bits per heavy atom. The van der Waals surface area contributed by atoms with Gasteiger partial charge in [-0.2, -0.15) is 0 Å². The Balaban J connectivity index is 1.44. The molecule has 2 fully saturated rings. The van der Waals surface area contributed by atoms with E-state index in [1.807, 2.05) is 6.07 Å². The summed E-state index contributed by atoms with van der Waals surface area (Å²) in [4.78, 5) is 76.8. The largest absolute Gasteiger partial charge is 0.481 e. The van der Waals surface area contributed by atoms with E-state index >= 15 is 0 Å². The van der Waals surface area contributed by atoms with Gasteiger partial charge in [-0.3, -0.25) is 29.0 Å². The smallest absolute Gasteiger partial charge is 0.338 e. The minimum Gasteiger partial charge on any atom is -0.481 e. The van der Waals surface area contributed by atoms with E-state index in [0.717, 1.165) is 16.3 Å². The van der Waals surface area contributed by atoms with Crippen LogP contribution in [0.3, 0.4) is 0 Å². The Labute approximate surface area is 258 Å². The number of ether oxygens (including phenoxy) is 2. The van der Waals surface area contributed by atoms with Crippen molar-refractivity contribution >= 4 is 45.5 Å². The van der Waals surface area contributed by atoms with Crippen molar-refractivity contribution in [3.63, 3.8) is 0 Å². The summed E-state index contributed by atoms with van der Waals surface area (Å²) in [5, 5.41) is 13.7. The van der Waals surface area contributed by atoms with Gasteiger partial charge >= 0.3 is 11.9 Å². The van der Waals surface area contributed by atoms with Gasteiger partial charge in [-0.1, -0.05) is 24.3 Å². The molecule has 2 saturated heterocycles. The van der Waals surface area contributed by atoms with E-state index in [4.69, 9.17) is 9.47 Å². The summed E-state index contributed by atoms with van der Waals surface area (Å²) in [6, 6.07) is 10.5. The van der Waals surface area contributed by atoms with Gasteiger partial charge in [-0.15, -0.1) is 0 Å². The lowest BCUT2D eigenvalue weighted by Gasteiger charge is -2.43. The molecule has 2 aliphatic heterocycles.